The van der Waals surface area contributed by atoms with E-state index in [1.54, 1.807) is 0 Å². The lowest BCUT2D eigenvalue weighted by atomic mass is 10.1. The van der Waals surface area contributed by atoms with Gasteiger partial charge >= 0.3 is 0 Å². The third kappa shape index (κ3) is 1.45. The van der Waals surface area contributed by atoms with Crippen molar-refractivity contribution in [1.82, 2.24) is 4.72 Å². The van der Waals surface area contributed by atoms with Gasteiger partial charge < -0.3 is 0 Å². The Morgan fingerprint density at radius 2 is 2.15 bits per heavy atom. The number of hydrogen-bond donors (Lipinski definition) is 1. The Balaban J connectivity index is 2.66. The minimum Gasteiger partial charge on any atom is -0.211 e. The van der Waals surface area contributed by atoms with Gasteiger partial charge in [-0.05, 0) is 30.2 Å². The molecule has 0 amide bonds. The first-order valence-corrected chi connectivity index (χ1v) is 5.36. The number of nitrogens with one attached hydrogen (secondary N) is 1. The molecule has 0 aliphatic carbocycles. The molecular formula is C8H8FNO2S. The molecular weight excluding hydrogens is 193 g/mol. The number of hydrogen-bond acceptors (Lipinski definition) is 2. The van der Waals surface area contributed by atoms with Crippen molar-refractivity contribution in [2.24, 2.45) is 0 Å². The summed E-state index contributed by atoms with van der Waals surface area (Å²) in [5.74, 6) is -0.393. The highest BCUT2D eigenvalue weighted by Gasteiger charge is 2.22. The third-order valence-corrected chi connectivity index (χ3v) is 3.56. The molecule has 70 valence electrons. The van der Waals surface area contributed by atoms with E-state index in [9.17, 15) is 12.8 Å². The molecule has 1 aliphatic heterocycles. The number of benzene rings is 1. The second kappa shape index (κ2) is 2.78. The van der Waals surface area contributed by atoms with E-state index in [0.717, 1.165) is 6.07 Å². The van der Waals surface area contributed by atoms with E-state index in [1.807, 2.05) is 0 Å². The highest BCUT2D eigenvalue weighted by Crippen LogP contribution is 2.20. The lowest BCUT2D eigenvalue weighted by Crippen LogP contribution is -2.31. The van der Waals surface area contributed by atoms with Crippen molar-refractivity contribution in [2.75, 3.05) is 6.54 Å². The standard InChI is InChI=1S/C8H8FNO2S/c9-7-1-2-8-6(5-7)3-4-10-13(8,11)12/h1-2,5,10H,3-4H2. The van der Waals surface area contributed by atoms with Gasteiger partial charge in [-0.1, -0.05) is 0 Å². The molecule has 1 N–H and O–H groups in total. The van der Waals surface area contributed by atoms with Crippen LogP contribution >= 0.6 is 0 Å². The van der Waals surface area contributed by atoms with E-state index in [-0.39, 0.29) is 4.90 Å². The molecule has 0 unspecified atom stereocenters. The fourth-order valence-corrected chi connectivity index (χ4v) is 2.68. The SMILES string of the molecule is O=S1(=O)NCCc2cc(F)ccc21. The number of sulfonamides is 1. The van der Waals surface area contributed by atoms with Crippen molar-refractivity contribution >= 4 is 10.0 Å². The number of rotatable bonds is 0. The Hall–Kier alpha value is -0.940. The lowest BCUT2D eigenvalue weighted by molar-refractivity contribution is 0.570. The van der Waals surface area contributed by atoms with E-state index >= 15 is 0 Å². The van der Waals surface area contributed by atoms with Gasteiger partial charge in [0.1, 0.15) is 5.82 Å². The Bertz CT molecular complexity index is 441. The molecule has 1 heterocycles. The maximum atomic E-state index is 12.7. The molecule has 13 heavy (non-hydrogen) atoms. The quantitative estimate of drug-likeness (QED) is 0.670. The van der Waals surface area contributed by atoms with Crippen LogP contribution in [-0.2, 0) is 16.4 Å². The highest BCUT2D eigenvalue weighted by molar-refractivity contribution is 7.89. The Morgan fingerprint density at radius 3 is 2.92 bits per heavy atom. The molecule has 0 saturated carbocycles. The predicted octanol–water partition coefficient (Wildman–Crippen LogP) is 0.660. The number of halogens is 1. The predicted molar refractivity (Wildman–Crippen MR) is 45.3 cm³/mol. The van der Waals surface area contributed by atoms with Crippen LogP contribution in [0, 0.1) is 5.82 Å². The summed E-state index contributed by atoms with van der Waals surface area (Å²) in [5, 5.41) is 0. The van der Waals surface area contributed by atoms with Crippen molar-refractivity contribution in [3.63, 3.8) is 0 Å². The van der Waals surface area contributed by atoms with Crippen LogP contribution in [0.4, 0.5) is 4.39 Å². The second-order valence-electron chi connectivity index (χ2n) is 2.90. The minimum absolute atomic E-state index is 0.195. The van der Waals surface area contributed by atoms with Gasteiger partial charge in [0.05, 0.1) is 4.90 Å². The van der Waals surface area contributed by atoms with Crippen LogP contribution in [0.3, 0.4) is 0 Å². The molecule has 0 saturated heterocycles. The Morgan fingerprint density at radius 1 is 1.38 bits per heavy atom. The van der Waals surface area contributed by atoms with E-state index in [2.05, 4.69) is 4.72 Å². The summed E-state index contributed by atoms with van der Waals surface area (Å²) in [6.07, 6.45) is 0.548. The van der Waals surface area contributed by atoms with Gasteiger partial charge in [-0.2, -0.15) is 0 Å². The van der Waals surface area contributed by atoms with Crippen LogP contribution in [0.15, 0.2) is 23.1 Å². The van der Waals surface area contributed by atoms with Crippen LogP contribution < -0.4 is 4.72 Å². The summed E-state index contributed by atoms with van der Waals surface area (Å²) in [7, 11) is -3.38. The molecule has 5 heteroatoms. The molecule has 0 aromatic heterocycles. The molecule has 1 aromatic rings. The fraction of sp³-hybridized carbons (Fsp3) is 0.250. The summed E-state index contributed by atoms with van der Waals surface area (Å²) >= 11 is 0. The summed E-state index contributed by atoms with van der Waals surface area (Å²) in [6, 6.07) is 3.73. The van der Waals surface area contributed by atoms with Crippen molar-refractivity contribution < 1.29 is 12.8 Å². The second-order valence-corrected chi connectivity index (χ2v) is 4.64. The summed E-state index contributed by atoms with van der Waals surface area (Å²) in [5.41, 5.74) is 0.554. The first-order valence-electron chi connectivity index (χ1n) is 3.88. The molecule has 0 fully saturated rings. The smallest absolute Gasteiger partial charge is 0.211 e. The fourth-order valence-electron chi connectivity index (χ4n) is 1.40. The molecule has 1 aliphatic rings. The zero-order chi connectivity index (χ0) is 9.47. The van der Waals surface area contributed by atoms with Gasteiger partial charge in [0.15, 0.2) is 0 Å². The zero-order valence-corrected chi connectivity index (χ0v) is 7.57. The van der Waals surface area contributed by atoms with Crippen molar-refractivity contribution in [3.05, 3.63) is 29.6 Å². The maximum Gasteiger partial charge on any atom is 0.240 e. The van der Waals surface area contributed by atoms with Crippen molar-refractivity contribution in [2.45, 2.75) is 11.3 Å². The third-order valence-electron chi connectivity index (χ3n) is 2.00. The van der Waals surface area contributed by atoms with Crippen LogP contribution in [0.5, 0.6) is 0 Å². The van der Waals surface area contributed by atoms with Crippen LogP contribution in [-0.4, -0.2) is 15.0 Å². The zero-order valence-electron chi connectivity index (χ0n) is 6.75. The first-order chi connectivity index (χ1) is 6.09. The Labute approximate surface area is 75.6 Å². The van der Waals surface area contributed by atoms with Crippen LogP contribution in [0.25, 0.3) is 0 Å². The van der Waals surface area contributed by atoms with E-state index in [0.29, 0.717) is 18.5 Å². The average Bonchev–Trinajstić information content (AvgIpc) is 2.02. The average molecular weight is 201 g/mol. The minimum atomic E-state index is -3.38. The maximum absolute atomic E-state index is 12.7. The van der Waals surface area contributed by atoms with Gasteiger partial charge in [0.2, 0.25) is 10.0 Å². The molecule has 0 atom stereocenters. The van der Waals surface area contributed by atoms with Crippen LogP contribution in [0.1, 0.15) is 5.56 Å². The summed E-state index contributed by atoms with van der Waals surface area (Å²) in [6.45, 7) is 0.346. The van der Waals surface area contributed by atoms with E-state index in [4.69, 9.17) is 0 Å². The highest BCUT2D eigenvalue weighted by atomic mass is 32.2. The normalized spacial score (nSPS) is 19.5. The Kier molecular flexibility index (Phi) is 1.85. The summed E-state index contributed by atoms with van der Waals surface area (Å²) in [4.78, 5) is 0.195. The van der Waals surface area contributed by atoms with E-state index in [1.165, 1.54) is 12.1 Å². The van der Waals surface area contributed by atoms with Crippen LogP contribution in [0.2, 0.25) is 0 Å². The van der Waals surface area contributed by atoms with Gasteiger partial charge in [-0.25, -0.2) is 17.5 Å². The van der Waals surface area contributed by atoms with Crippen molar-refractivity contribution in [3.8, 4) is 0 Å². The molecule has 0 spiro atoms. The molecule has 0 radical (unpaired) electrons. The monoisotopic (exact) mass is 201 g/mol. The van der Waals surface area contributed by atoms with Crippen molar-refractivity contribution in [1.29, 1.82) is 0 Å². The largest absolute Gasteiger partial charge is 0.240 e. The number of fused-ring (bicyclic) bond motifs is 1. The van der Waals surface area contributed by atoms with Gasteiger partial charge in [0.25, 0.3) is 0 Å². The van der Waals surface area contributed by atoms with E-state index < -0.39 is 15.8 Å². The first kappa shape index (κ1) is 8.65. The van der Waals surface area contributed by atoms with Gasteiger partial charge in [-0.3, -0.25) is 0 Å². The molecule has 3 nitrogen and oxygen atoms in total. The van der Waals surface area contributed by atoms with Gasteiger partial charge in [0, 0.05) is 6.54 Å². The topological polar surface area (TPSA) is 46.2 Å². The molecule has 0 bridgehead atoms. The lowest BCUT2D eigenvalue weighted by Gasteiger charge is -2.16. The summed E-state index contributed by atoms with van der Waals surface area (Å²) < 4.78 is 37.8. The molecule has 1 aromatic carbocycles. The molecule has 2 rings (SSSR count). The van der Waals surface area contributed by atoms with Gasteiger partial charge in [-0.15, -0.1) is 0 Å².